The molecule has 1 amide bonds. The van der Waals surface area contributed by atoms with E-state index in [2.05, 4.69) is 64.2 Å². The summed E-state index contributed by atoms with van der Waals surface area (Å²) in [7, 11) is 2.03. The van der Waals surface area contributed by atoms with Crippen LogP contribution in [-0.4, -0.2) is 28.5 Å². The van der Waals surface area contributed by atoms with E-state index in [0.717, 1.165) is 13.1 Å². The van der Waals surface area contributed by atoms with Crippen molar-refractivity contribution >= 4 is 16.8 Å². The molecule has 0 saturated heterocycles. The topological polar surface area (TPSA) is 51.3 Å². The molecule has 2 N–H and O–H groups in total. The van der Waals surface area contributed by atoms with E-state index in [1.165, 1.54) is 22.0 Å². The molecule has 0 spiro atoms. The lowest BCUT2D eigenvalue weighted by Gasteiger charge is -2.23. The van der Waals surface area contributed by atoms with Crippen LogP contribution in [0.2, 0.25) is 0 Å². The van der Waals surface area contributed by atoms with Crippen LogP contribution in [0, 0.1) is 0 Å². The number of aromatic nitrogens is 1. The summed E-state index contributed by atoms with van der Waals surface area (Å²) in [5.41, 5.74) is 9.07. The molecule has 2 aromatic carbocycles. The van der Waals surface area contributed by atoms with Gasteiger partial charge in [-0.25, -0.2) is 0 Å². The highest BCUT2D eigenvalue weighted by molar-refractivity contribution is 5.81. The Balaban J connectivity index is 1.79. The minimum absolute atomic E-state index is 0.129. The summed E-state index contributed by atoms with van der Waals surface area (Å²) in [6, 6.07) is 19.3. The van der Waals surface area contributed by atoms with Gasteiger partial charge in [-0.3, -0.25) is 9.69 Å². The Morgan fingerprint density at radius 3 is 2.60 bits per heavy atom. The van der Waals surface area contributed by atoms with Crippen LogP contribution in [0.1, 0.15) is 24.5 Å². The zero-order valence-corrected chi connectivity index (χ0v) is 14.9. The monoisotopic (exact) mass is 335 g/mol. The number of nitrogens with two attached hydrogens (primary N) is 1. The summed E-state index contributed by atoms with van der Waals surface area (Å²) in [5, 5.41) is 1.24. The van der Waals surface area contributed by atoms with Crippen LogP contribution < -0.4 is 5.73 Å². The summed E-state index contributed by atoms with van der Waals surface area (Å²) in [5.74, 6) is -0.258. The smallest absolute Gasteiger partial charge is 0.218 e. The number of hydrogen-bond acceptors (Lipinski definition) is 2. The molecular formula is C21H25N3O. The summed E-state index contributed by atoms with van der Waals surface area (Å²) >= 11 is 0. The van der Waals surface area contributed by atoms with Gasteiger partial charge >= 0.3 is 0 Å². The van der Waals surface area contributed by atoms with Crippen molar-refractivity contribution in [3.8, 4) is 0 Å². The Hall–Kier alpha value is -2.59. The normalized spacial score (nSPS) is 12.6. The number of primary amides is 1. The van der Waals surface area contributed by atoms with Gasteiger partial charge in [0, 0.05) is 37.3 Å². The second-order valence-electron chi connectivity index (χ2n) is 6.76. The van der Waals surface area contributed by atoms with Crippen LogP contribution in [0.25, 0.3) is 10.9 Å². The van der Waals surface area contributed by atoms with E-state index in [-0.39, 0.29) is 11.9 Å². The van der Waals surface area contributed by atoms with Crippen LogP contribution in [0.4, 0.5) is 0 Å². The van der Waals surface area contributed by atoms with Crippen molar-refractivity contribution in [1.29, 1.82) is 0 Å². The first-order valence-electron chi connectivity index (χ1n) is 8.63. The van der Waals surface area contributed by atoms with Gasteiger partial charge in [-0.1, -0.05) is 42.5 Å². The van der Waals surface area contributed by atoms with E-state index in [4.69, 9.17) is 5.73 Å². The Morgan fingerprint density at radius 1 is 1.12 bits per heavy atom. The van der Waals surface area contributed by atoms with Crippen molar-refractivity contribution in [2.75, 3.05) is 7.05 Å². The molecule has 25 heavy (non-hydrogen) atoms. The van der Waals surface area contributed by atoms with E-state index >= 15 is 0 Å². The molecule has 0 aliphatic heterocycles. The molecule has 0 aliphatic rings. The molecule has 0 radical (unpaired) electrons. The minimum Gasteiger partial charge on any atom is -0.370 e. The number of amides is 1. The first kappa shape index (κ1) is 17.2. The van der Waals surface area contributed by atoms with Gasteiger partial charge in [0.2, 0.25) is 5.91 Å². The van der Waals surface area contributed by atoms with Crippen LogP contribution in [0.3, 0.4) is 0 Å². The fraction of sp³-hybridized carbons (Fsp3) is 0.286. The average Bonchev–Trinajstić information content (AvgIpc) is 2.97. The lowest BCUT2D eigenvalue weighted by atomic mass is 10.1. The lowest BCUT2D eigenvalue weighted by Crippen LogP contribution is -2.32. The lowest BCUT2D eigenvalue weighted by molar-refractivity contribution is -0.119. The second kappa shape index (κ2) is 7.53. The number of benzene rings is 2. The van der Waals surface area contributed by atoms with Gasteiger partial charge in [0.05, 0.1) is 0 Å². The van der Waals surface area contributed by atoms with Gasteiger partial charge in [-0.05, 0) is 42.6 Å². The fourth-order valence-corrected chi connectivity index (χ4v) is 3.14. The third-order valence-electron chi connectivity index (χ3n) is 4.72. The van der Waals surface area contributed by atoms with Gasteiger partial charge < -0.3 is 10.3 Å². The van der Waals surface area contributed by atoms with Gasteiger partial charge in [-0.15, -0.1) is 0 Å². The van der Waals surface area contributed by atoms with E-state index < -0.39 is 0 Å². The van der Waals surface area contributed by atoms with Crippen molar-refractivity contribution in [3.63, 3.8) is 0 Å². The minimum atomic E-state index is -0.258. The average molecular weight is 335 g/mol. The predicted octanol–water partition coefficient (Wildman–Crippen LogP) is 3.39. The maximum Gasteiger partial charge on any atom is 0.218 e. The first-order valence-corrected chi connectivity index (χ1v) is 8.63. The molecule has 0 fully saturated rings. The Bertz CT molecular complexity index is 854. The molecule has 0 saturated carbocycles. The Kier molecular flexibility index (Phi) is 5.19. The van der Waals surface area contributed by atoms with Crippen LogP contribution in [0.5, 0.6) is 0 Å². The maximum atomic E-state index is 11.1. The van der Waals surface area contributed by atoms with Gasteiger partial charge in [-0.2, -0.15) is 0 Å². The number of carbonyl (C=O) groups is 1. The predicted molar refractivity (Wildman–Crippen MR) is 102 cm³/mol. The molecule has 1 atom stereocenters. The van der Waals surface area contributed by atoms with Crippen LogP contribution in [0.15, 0.2) is 60.8 Å². The van der Waals surface area contributed by atoms with Crippen molar-refractivity contribution in [2.45, 2.75) is 32.5 Å². The van der Waals surface area contributed by atoms with Gasteiger partial charge in [0.25, 0.3) is 0 Å². The third kappa shape index (κ3) is 4.28. The van der Waals surface area contributed by atoms with Crippen molar-refractivity contribution in [1.82, 2.24) is 9.47 Å². The molecule has 0 bridgehead atoms. The van der Waals surface area contributed by atoms with Crippen molar-refractivity contribution < 1.29 is 4.79 Å². The molecule has 130 valence electrons. The van der Waals surface area contributed by atoms with E-state index in [1.54, 1.807) is 0 Å². The summed E-state index contributed by atoms with van der Waals surface area (Å²) in [6.45, 7) is 3.68. The molecule has 3 rings (SSSR count). The largest absolute Gasteiger partial charge is 0.370 e. The zero-order valence-electron chi connectivity index (χ0n) is 14.9. The molecule has 1 unspecified atom stereocenters. The Morgan fingerprint density at radius 2 is 1.88 bits per heavy atom. The maximum absolute atomic E-state index is 11.1. The molecule has 4 nitrogen and oxygen atoms in total. The second-order valence-corrected chi connectivity index (χ2v) is 6.76. The summed E-state index contributed by atoms with van der Waals surface area (Å²) in [6.07, 6.45) is 2.52. The SMILES string of the molecule is CC(CC(N)=O)N(C)Cc1ccc2ccn(Cc3ccccc3)c2c1. The molecule has 1 aromatic heterocycles. The number of rotatable bonds is 7. The van der Waals surface area contributed by atoms with E-state index in [1.807, 2.05) is 20.0 Å². The van der Waals surface area contributed by atoms with Gasteiger partial charge in [0.15, 0.2) is 0 Å². The van der Waals surface area contributed by atoms with Gasteiger partial charge in [0.1, 0.15) is 0 Å². The van der Waals surface area contributed by atoms with Crippen molar-refractivity contribution in [3.05, 3.63) is 71.9 Å². The van der Waals surface area contributed by atoms with E-state index in [9.17, 15) is 4.79 Å². The highest BCUT2D eigenvalue weighted by atomic mass is 16.1. The van der Waals surface area contributed by atoms with E-state index in [0.29, 0.717) is 6.42 Å². The highest BCUT2D eigenvalue weighted by Gasteiger charge is 2.13. The first-order chi connectivity index (χ1) is 12.0. The number of hydrogen-bond donors (Lipinski definition) is 1. The molecule has 4 heteroatoms. The molecule has 3 aromatic rings. The molecule has 1 heterocycles. The number of fused-ring (bicyclic) bond motifs is 1. The quantitative estimate of drug-likeness (QED) is 0.719. The standard InChI is InChI=1S/C21H25N3O/c1-16(12-21(22)25)23(2)14-18-8-9-19-10-11-24(20(19)13-18)15-17-6-4-3-5-7-17/h3-11,13,16H,12,14-15H2,1-2H3,(H2,22,25). The Labute approximate surface area is 148 Å². The van der Waals surface area contributed by atoms with Crippen molar-refractivity contribution in [2.24, 2.45) is 5.73 Å². The fourth-order valence-electron chi connectivity index (χ4n) is 3.14. The van der Waals surface area contributed by atoms with Crippen LogP contribution in [-0.2, 0) is 17.9 Å². The summed E-state index contributed by atoms with van der Waals surface area (Å²) < 4.78 is 2.28. The number of carbonyl (C=O) groups excluding carboxylic acids is 1. The zero-order chi connectivity index (χ0) is 17.8. The third-order valence-corrected chi connectivity index (χ3v) is 4.72. The molecule has 0 aliphatic carbocycles. The molecular weight excluding hydrogens is 310 g/mol. The van der Waals surface area contributed by atoms with Crippen LogP contribution >= 0.6 is 0 Å². The number of nitrogens with zero attached hydrogens (tertiary/aromatic N) is 2. The highest BCUT2D eigenvalue weighted by Crippen LogP contribution is 2.20. The summed E-state index contributed by atoms with van der Waals surface area (Å²) in [4.78, 5) is 13.3.